The highest BCUT2D eigenvalue weighted by atomic mass is 16.5. The van der Waals surface area contributed by atoms with E-state index in [9.17, 15) is 9.59 Å². The highest BCUT2D eigenvalue weighted by molar-refractivity contribution is 5.92. The predicted octanol–water partition coefficient (Wildman–Crippen LogP) is 2.21. The van der Waals surface area contributed by atoms with Gasteiger partial charge in [-0.05, 0) is 55.0 Å². The van der Waals surface area contributed by atoms with Gasteiger partial charge in [-0.1, -0.05) is 0 Å². The second-order valence-electron chi connectivity index (χ2n) is 6.87. The summed E-state index contributed by atoms with van der Waals surface area (Å²) in [4.78, 5) is 32.2. The third-order valence-electron chi connectivity index (χ3n) is 4.68. The first kappa shape index (κ1) is 19.8. The minimum Gasteiger partial charge on any atom is -0.457 e. The zero-order valence-electron chi connectivity index (χ0n) is 16.3. The van der Waals surface area contributed by atoms with E-state index in [0.717, 1.165) is 0 Å². The van der Waals surface area contributed by atoms with Gasteiger partial charge in [-0.3, -0.25) is 9.59 Å². The molecule has 3 aromatic rings. The zero-order valence-corrected chi connectivity index (χ0v) is 16.3. The van der Waals surface area contributed by atoms with Crippen LogP contribution in [0.4, 0.5) is 5.82 Å². The molecule has 31 heavy (non-hydrogen) atoms. The molecule has 4 N–H and O–H groups in total. The molecule has 1 atom stereocenters. The first-order valence-corrected chi connectivity index (χ1v) is 9.53. The predicted molar refractivity (Wildman–Crippen MR) is 112 cm³/mol. The standard InChI is InChI=1S/C22H18N6O3/c23-12-13-1-5-15(6-2-13)31-16-7-3-14(4-8-16)21-27-18(20(24)29)11-19(28-21)26-17-9-10-25-22(17)30/h1-8,11,17H,9-10H2,(H2,24,29)(H,25,30)(H,26,27,28)/t17-/m0/s1. The second-order valence-corrected chi connectivity index (χ2v) is 6.87. The van der Waals surface area contributed by atoms with E-state index in [1.165, 1.54) is 6.07 Å². The Labute approximate surface area is 177 Å². The van der Waals surface area contributed by atoms with Gasteiger partial charge in [-0.15, -0.1) is 0 Å². The Kier molecular flexibility index (Phi) is 5.45. The van der Waals surface area contributed by atoms with Gasteiger partial charge in [-0.25, -0.2) is 9.97 Å². The minimum absolute atomic E-state index is 0.0452. The molecule has 154 valence electrons. The molecule has 2 aromatic carbocycles. The third-order valence-corrected chi connectivity index (χ3v) is 4.68. The van der Waals surface area contributed by atoms with Crippen LogP contribution in [0.1, 0.15) is 22.5 Å². The maximum absolute atomic E-state index is 11.8. The highest BCUT2D eigenvalue weighted by Gasteiger charge is 2.24. The van der Waals surface area contributed by atoms with Gasteiger partial charge < -0.3 is 21.1 Å². The molecule has 2 amide bonds. The number of aromatic nitrogens is 2. The molecular formula is C22H18N6O3. The van der Waals surface area contributed by atoms with Crippen LogP contribution in [0, 0.1) is 11.3 Å². The van der Waals surface area contributed by atoms with Gasteiger partial charge in [0, 0.05) is 18.2 Å². The van der Waals surface area contributed by atoms with E-state index in [1.807, 2.05) is 0 Å². The van der Waals surface area contributed by atoms with E-state index in [0.29, 0.717) is 47.2 Å². The monoisotopic (exact) mass is 414 g/mol. The molecule has 0 unspecified atom stereocenters. The summed E-state index contributed by atoms with van der Waals surface area (Å²) < 4.78 is 5.77. The molecule has 1 aliphatic heterocycles. The van der Waals surface area contributed by atoms with Crippen LogP contribution in [-0.4, -0.2) is 34.4 Å². The number of anilines is 1. The van der Waals surface area contributed by atoms with Gasteiger partial charge in [0.05, 0.1) is 11.6 Å². The Morgan fingerprint density at radius 3 is 2.39 bits per heavy atom. The Balaban J connectivity index is 1.56. The van der Waals surface area contributed by atoms with Crippen molar-refractivity contribution in [1.82, 2.24) is 15.3 Å². The second kappa shape index (κ2) is 8.51. The fourth-order valence-electron chi connectivity index (χ4n) is 3.09. The number of hydrogen-bond donors (Lipinski definition) is 3. The number of nitrogens with zero attached hydrogens (tertiary/aromatic N) is 3. The van der Waals surface area contributed by atoms with E-state index in [2.05, 4.69) is 26.7 Å². The van der Waals surface area contributed by atoms with Gasteiger partial charge in [0.1, 0.15) is 29.1 Å². The van der Waals surface area contributed by atoms with Crippen LogP contribution >= 0.6 is 0 Å². The summed E-state index contributed by atoms with van der Waals surface area (Å²) in [6, 6.07) is 16.8. The van der Waals surface area contributed by atoms with Crippen molar-refractivity contribution in [1.29, 1.82) is 5.26 Å². The number of nitrogens with two attached hydrogens (primary N) is 1. The van der Waals surface area contributed by atoms with E-state index < -0.39 is 11.9 Å². The first-order valence-electron chi connectivity index (χ1n) is 9.53. The Morgan fingerprint density at radius 1 is 1.13 bits per heavy atom. The largest absolute Gasteiger partial charge is 0.457 e. The van der Waals surface area contributed by atoms with Gasteiger partial charge in [0.2, 0.25) is 5.91 Å². The first-order chi connectivity index (χ1) is 15.0. The lowest BCUT2D eigenvalue weighted by Crippen LogP contribution is -2.30. The van der Waals surface area contributed by atoms with Crippen molar-refractivity contribution in [2.45, 2.75) is 12.5 Å². The fraction of sp³-hybridized carbons (Fsp3) is 0.136. The molecule has 0 radical (unpaired) electrons. The van der Waals surface area contributed by atoms with Crippen molar-refractivity contribution >= 4 is 17.6 Å². The molecule has 4 rings (SSSR count). The molecule has 1 aliphatic rings. The van der Waals surface area contributed by atoms with Crippen molar-refractivity contribution in [3.8, 4) is 29.0 Å². The Morgan fingerprint density at radius 2 is 1.81 bits per heavy atom. The highest BCUT2D eigenvalue weighted by Crippen LogP contribution is 2.25. The summed E-state index contributed by atoms with van der Waals surface area (Å²) in [6.07, 6.45) is 0.617. The molecule has 0 spiro atoms. The lowest BCUT2D eigenvalue weighted by Gasteiger charge is -2.13. The van der Waals surface area contributed by atoms with Gasteiger partial charge in [-0.2, -0.15) is 5.26 Å². The number of carbonyl (C=O) groups is 2. The van der Waals surface area contributed by atoms with Crippen LogP contribution in [0.2, 0.25) is 0 Å². The maximum atomic E-state index is 11.8. The van der Waals surface area contributed by atoms with Crippen molar-refractivity contribution in [3.63, 3.8) is 0 Å². The van der Waals surface area contributed by atoms with Crippen molar-refractivity contribution in [2.24, 2.45) is 5.73 Å². The summed E-state index contributed by atoms with van der Waals surface area (Å²) in [6.45, 7) is 0.581. The van der Waals surface area contributed by atoms with Crippen LogP contribution in [0.15, 0.2) is 54.6 Å². The Bertz CT molecular complexity index is 1170. The zero-order chi connectivity index (χ0) is 21.8. The van der Waals surface area contributed by atoms with Crippen molar-refractivity contribution in [3.05, 3.63) is 65.9 Å². The average molecular weight is 414 g/mol. The van der Waals surface area contributed by atoms with Crippen LogP contribution in [0.25, 0.3) is 11.4 Å². The van der Waals surface area contributed by atoms with Crippen LogP contribution in [0.5, 0.6) is 11.5 Å². The number of ether oxygens (including phenoxy) is 1. The van der Waals surface area contributed by atoms with Crippen LogP contribution < -0.4 is 21.1 Å². The van der Waals surface area contributed by atoms with Crippen molar-refractivity contribution < 1.29 is 14.3 Å². The van der Waals surface area contributed by atoms with Crippen LogP contribution in [0.3, 0.4) is 0 Å². The van der Waals surface area contributed by atoms with Gasteiger partial charge >= 0.3 is 0 Å². The average Bonchev–Trinajstić information content (AvgIpc) is 3.19. The SMILES string of the molecule is N#Cc1ccc(Oc2ccc(-c3nc(N[C@H]4CCNC4=O)cc(C(N)=O)n3)cc2)cc1. The molecule has 2 heterocycles. The third kappa shape index (κ3) is 4.59. The summed E-state index contributed by atoms with van der Waals surface area (Å²) in [5.41, 5.74) is 6.66. The lowest BCUT2D eigenvalue weighted by molar-refractivity contribution is -0.119. The number of amides is 2. The molecule has 9 heteroatoms. The Hall–Kier alpha value is -4.45. The van der Waals surface area contributed by atoms with E-state index >= 15 is 0 Å². The smallest absolute Gasteiger partial charge is 0.267 e. The summed E-state index contributed by atoms with van der Waals surface area (Å²) in [5.74, 6) is 1.01. The normalized spacial score (nSPS) is 15.1. The molecule has 1 saturated heterocycles. The van der Waals surface area contributed by atoms with E-state index in [1.54, 1.807) is 48.5 Å². The molecule has 0 bridgehead atoms. The van der Waals surface area contributed by atoms with E-state index in [4.69, 9.17) is 15.7 Å². The number of nitrogens with one attached hydrogen (secondary N) is 2. The molecule has 0 aliphatic carbocycles. The summed E-state index contributed by atoms with van der Waals surface area (Å²) in [5, 5.41) is 14.6. The minimum atomic E-state index is -0.691. The topological polar surface area (TPSA) is 143 Å². The van der Waals surface area contributed by atoms with Crippen LogP contribution in [-0.2, 0) is 4.79 Å². The number of primary amides is 1. The van der Waals surface area contributed by atoms with Gasteiger partial charge in [0.25, 0.3) is 5.91 Å². The molecule has 1 aromatic heterocycles. The fourth-order valence-corrected chi connectivity index (χ4v) is 3.09. The van der Waals surface area contributed by atoms with Gasteiger partial charge in [0.15, 0.2) is 5.82 Å². The quantitative estimate of drug-likeness (QED) is 0.561. The number of rotatable bonds is 6. The summed E-state index contributed by atoms with van der Waals surface area (Å²) in [7, 11) is 0. The number of hydrogen-bond acceptors (Lipinski definition) is 7. The number of carbonyl (C=O) groups excluding carboxylic acids is 2. The maximum Gasteiger partial charge on any atom is 0.267 e. The molecular weight excluding hydrogens is 396 g/mol. The molecule has 0 saturated carbocycles. The van der Waals surface area contributed by atoms with Crippen molar-refractivity contribution in [2.75, 3.05) is 11.9 Å². The number of nitriles is 1. The lowest BCUT2D eigenvalue weighted by atomic mass is 10.2. The summed E-state index contributed by atoms with van der Waals surface area (Å²) >= 11 is 0. The molecule has 9 nitrogen and oxygen atoms in total. The number of benzene rings is 2. The molecule has 1 fully saturated rings. The van der Waals surface area contributed by atoms with E-state index in [-0.39, 0.29) is 11.6 Å².